The van der Waals surface area contributed by atoms with Gasteiger partial charge in [-0.1, -0.05) is 60.1 Å². The van der Waals surface area contributed by atoms with Gasteiger partial charge in [-0.3, -0.25) is 4.79 Å². The van der Waals surface area contributed by atoms with Crippen LogP contribution in [0.5, 0.6) is 0 Å². The van der Waals surface area contributed by atoms with Crippen LogP contribution in [-0.4, -0.2) is 19.5 Å². The summed E-state index contributed by atoms with van der Waals surface area (Å²) in [5, 5.41) is 10.2. The molecule has 0 aromatic heterocycles. The Morgan fingerprint density at radius 2 is 1.76 bits per heavy atom. The van der Waals surface area contributed by atoms with Crippen molar-refractivity contribution in [3.8, 4) is 0 Å². The molecule has 1 aliphatic heterocycles. The molecule has 0 aliphatic carbocycles. The third-order valence-corrected chi connectivity index (χ3v) is 5.16. The lowest BCUT2D eigenvalue weighted by Gasteiger charge is -2.15. The summed E-state index contributed by atoms with van der Waals surface area (Å²) >= 11 is 6.11. The number of carbonyl (C=O) groups excluding carboxylic acids is 1. The fraction of sp³-hybridized carbons (Fsp3) is 0.125. The molecule has 4 rings (SSSR count). The number of hydrogen-bond acceptors (Lipinski definition) is 3. The Labute approximate surface area is 175 Å². The monoisotopic (exact) mass is 403 g/mol. The Kier molecular flexibility index (Phi) is 5.65. The predicted molar refractivity (Wildman–Crippen MR) is 121 cm³/mol. The van der Waals surface area contributed by atoms with Crippen molar-refractivity contribution in [1.29, 1.82) is 0 Å². The van der Waals surface area contributed by atoms with Crippen molar-refractivity contribution < 1.29 is 4.79 Å². The van der Waals surface area contributed by atoms with Crippen LogP contribution in [0.3, 0.4) is 0 Å². The Balaban J connectivity index is 1.76. The number of halogens is 1. The van der Waals surface area contributed by atoms with E-state index < -0.39 is 0 Å². The topological polar surface area (TPSA) is 53.2 Å². The number of anilines is 2. The maximum atomic E-state index is 12.9. The Morgan fingerprint density at radius 3 is 2.48 bits per heavy atom. The molecule has 0 saturated heterocycles. The van der Waals surface area contributed by atoms with Crippen LogP contribution < -0.4 is 16.0 Å². The van der Waals surface area contributed by atoms with Crippen LogP contribution >= 0.6 is 11.6 Å². The summed E-state index contributed by atoms with van der Waals surface area (Å²) in [4.78, 5) is 12.9. The quantitative estimate of drug-likeness (QED) is 0.506. The van der Waals surface area contributed by atoms with Crippen LogP contribution in [0.1, 0.15) is 16.7 Å². The molecule has 0 saturated carbocycles. The highest BCUT2D eigenvalue weighted by atomic mass is 35.5. The molecule has 4 nitrogen and oxygen atoms in total. The van der Waals surface area contributed by atoms with E-state index in [1.54, 1.807) is 12.1 Å². The van der Waals surface area contributed by atoms with Gasteiger partial charge >= 0.3 is 0 Å². The predicted octanol–water partition coefficient (Wildman–Crippen LogP) is 5.03. The Bertz CT molecular complexity index is 1060. The van der Waals surface area contributed by atoms with E-state index in [9.17, 15) is 4.79 Å². The van der Waals surface area contributed by atoms with E-state index in [-0.39, 0.29) is 5.91 Å². The van der Waals surface area contributed by atoms with E-state index in [1.165, 1.54) is 5.56 Å². The van der Waals surface area contributed by atoms with Crippen molar-refractivity contribution in [3.05, 3.63) is 94.5 Å². The molecule has 3 N–H and O–H groups in total. The zero-order valence-electron chi connectivity index (χ0n) is 16.1. The third-order valence-electron chi connectivity index (χ3n) is 4.93. The van der Waals surface area contributed by atoms with E-state index in [4.69, 9.17) is 11.6 Å². The van der Waals surface area contributed by atoms with Gasteiger partial charge in [0.25, 0.3) is 5.91 Å². The molecular formula is C24H22ClN3O. The van der Waals surface area contributed by atoms with E-state index in [0.29, 0.717) is 10.6 Å². The zero-order valence-corrected chi connectivity index (χ0v) is 16.9. The largest absolute Gasteiger partial charge is 0.354 e. The number of fused-ring (bicyclic) bond motifs is 1. The van der Waals surface area contributed by atoms with Crippen LogP contribution in [0.4, 0.5) is 11.4 Å². The molecule has 0 atom stereocenters. The van der Waals surface area contributed by atoms with Gasteiger partial charge in [0, 0.05) is 16.3 Å². The Hall–Kier alpha value is -3.08. The van der Waals surface area contributed by atoms with Gasteiger partial charge in [0.1, 0.15) is 0 Å². The molecule has 146 valence electrons. The smallest absolute Gasteiger partial charge is 0.258 e. The summed E-state index contributed by atoms with van der Waals surface area (Å²) in [5.74, 6) is -0.140. The van der Waals surface area contributed by atoms with E-state index in [2.05, 4.69) is 28.1 Å². The second kappa shape index (κ2) is 8.52. The molecule has 29 heavy (non-hydrogen) atoms. The van der Waals surface area contributed by atoms with E-state index in [1.807, 2.05) is 55.6 Å². The van der Waals surface area contributed by atoms with Crippen LogP contribution in [-0.2, 0) is 11.2 Å². The van der Waals surface area contributed by atoms with Crippen molar-refractivity contribution in [3.63, 3.8) is 0 Å². The summed E-state index contributed by atoms with van der Waals surface area (Å²) < 4.78 is 0. The molecule has 3 aromatic rings. The van der Waals surface area contributed by atoms with Crippen molar-refractivity contribution >= 4 is 40.2 Å². The average Bonchev–Trinajstić information content (AvgIpc) is 3.06. The van der Waals surface area contributed by atoms with Crippen LogP contribution in [0.25, 0.3) is 11.3 Å². The fourth-order valence-corrected chi connectivity index (χ4v) is 3.62. The molecule has 0 bridgehead atoms. The summed E-state index contributed by atoms with van der Waals surface area (Å²) in [5.41, 5.74) is 6.10. The van der Waals surface area contributed by atoms with Gasteiger partial charge in [-0.15, -0.1) is 0 Å². The summed E-state index contributed by atoms with van der Waals surface area (Å²) in [6, 6.07) is 23.7. The van der Waals surface area contributed by atoms with Gasteiger partial charge in [-0.05, 0) is 55.4 Å². The highest BCUT2D eigenvalue weighted by Crippen LogP contribution is 2.38. The van der Waals surface area contributed by atoms with E-state index in [0.717, 1.165) is 41.2 Å². The fourth-order valence-electron chi connectivity index (χ4n) is 3.45. The summed E-state index contributed by atoms with van der Waals surface area (Å²) in [6.45, 7) is 0.936. The number of likely N-dealkylation sites (N-methyl/N-ethyl adjacent to an activating group) is 1. The maximum absolute atomic E-state index is 12.9. The minimum absolute atomic E-state index is 0.140. The standard InChI is InChI=1S/C24H22ClN3O/c1-26-14-13-16-7-10-19(11-8-16)27-23(17-5-3-2-4-6-17)22-20-12-9-18(25)15-21(20)28-24(22)29/h2-12,15,26-27H,13-14H2,1H3,(H,28,29). The first kappa shape index (κ1) is 19.2. The normalized spacial score (nSPS) is 14.3. The second-order valence-electron chi connectivity index (χ2n) is 6.94. The minimum atomic E-state index is -0.140. The second-order valence-corrected chi connectivity index (χ2v) is 7.37. The summed E-state index contributed by atoms with van der Waals surface area (Å²) in [6.07, 6.45) is 0.972. The van der Waals surface area contributed by atoms with Gasteiger partial charge in [-0.2, -0.15) is 0 Å². The van der Waals surface area contributed by atoms with Gasteiger partial charge < -0.3 is 16.0 Å². The van der Waals surface area contributed by atoms with Gasteiger partial charge in [0.2, 0.25) is 0 Å². The van der Waals surface area contributed by atoms with Crippen molar-refractivity contribution in [1.82, 2.24) is 5.32 Å². The average molecular weight is 404 g/mol. The van der Waals surface area contributed by atoms with Gasteiger partial charge in [0.05, 0.1) is 17.0 Å². The van der Waals surface area contributed by atoms with Gasteiger partial charge in [0.15, 0.2) is 0 Å². The first-order chi connectivity index (χ1) is 14.2. The van der Waals surface area contributed by atoms with Crippen molar-refractivity contribution in [2.45, 2.75) is 6.42 Å². The number of benzene rings is 3. The zero-order chi connectivity index (χ0) is 20.2. The van der Waals surface area contributed by atoms with Gasteiger partial charge in [-0.25, -0.2) is 0 Å². The van der Waals surface area contributed by atoms with Crippen molar-refractivity contribution in [2.24, 2.45) is 0 Å². The molecule has 1 aliphatic rings. The number of nitrogens with one attached hydrogen (secondary N) is 3. The van der Waals surface area contributed by atoms with Crippen LogP contribution in [0.2, 0.25) is 5.02 Å². The molecule has 1 amide bonds. The molecule has 5 heteroatoms. The molecule has 0 spiro atoms. The molecule has 3 aromatic carbocycles. The molecular weight excluding hydrogens is 382 g/mol. The number of amides is 1. The SMILES string of the molecule is CNCCc1ccc(NC(=C2C(=O)Nc3cc(Cl)ccc32)c2ccccc2)cc1. The number of carbonyl (C=O) groups is 1. The van der Waals surface area contributed by atoms with Crippen molar-refractivity contribution in [2.75, 3.05) is 24.2 Å². The maximum Gasteiger partial charge on any atom is 0.258 e. The molecule has 0 fully saturated rings. The number of rotatable bonds is 6. The van der Waals surface area contributed by atoms with E-state index >= 15 is 0 Å². The first-order valence-corrected chi connectivity index (χ1v) is 9.95. The lowest BCUT2D eigenvalue weighted by Crippen LogP contribution is -2.11. The highest BCUT2D eigenvalue weighted by molar-refractivity contribution is 6.38. The molecule has 0 unspecified atom stereocenters. The highest BCUT2D eigenvalue weighted by Gasteiger charge is 2.28. The first-order valence-electron chi connectivity index (χ1n) is 9.57. The number of hydrogen-bond donors (Lipinski definition) is 3. The third kappa shape index (κ3) is 4.19. The lowest BCUT2D eigenvalue weighted by molar-refractivity contribution is -0.110. The summed E-state index contributed by atoms with van der Waals surface area (Å²) in [7, 11) is 1.95. The molecule has 0 radical (unpaired) electrons. The minimum Gasteiger partial charge on any atom is -0.354 e. The lowest BCUT2D eigenvalue weighted by atomic mass is 10.00. The molecule has 1 heterocycles. The van der Waals surface area contributed by atoms with Crippen LogP contribution in [0.15, 0.2) is 72.8 Å². The van der Waals surface area contributed by atoms with Crippen LogP contribution in [0, 0.1) is 0 Å². The Morgan fingerprint density at radius 1 is 1.00 bits per heavy atom.